The largest absolute Gasteiger partial charge is 0.494 e. The number of hydrogen-bond donors (Lipinski definition) is 1. The first-order valence-electron chi connectivity index (χ1n) is 7.36. The molecule has 21 heavy (non-hydrogen) atoms. The van der Waals surface area contributed by atoms with Crippen LogP contribution in [0.2, 0.25) is 0 Å². The molecule has 0 atom stereocenters. The van der Waals surface area contributed by atoms with Crippen molar-refractivity contribution in [2.45, 2.75) is 26.5 Å². The van der Waals surface area contributed by atoms with Crippen molar-refractivity contribution in [3.8, 4) is 5.75 Å². The second-order valence-electron chi connectivity index (χ2n) is 4.94. The van der Waals surface area contributed by atoms with Gasteiger partial charge in [0.1, 0.15) is 5.75 Å². The minimum Gasteiger partial charge on any atom is -0.494 e. The molecular weight excluding hydrogens is 262 g/mol. The Morgan fingerprint density at radius 3 is 2.48 bits per heavy atom. The number of rotatable bonds is 8. The molecule has 1 N–H and O–H groups in total. The van der Waals surface area contributed by atoms with Crippen LogP contribution in [0.1, 0.15) is 24.5 Å². The van der Waals surface area contributed by atoms with Gasteiger partial charge in [-0.1, -0.05) is 37.3 Å². The minimum absolute atomic E-state index is 0.618. The predicted octanol–water partition coefficient (Wildman–Crippen LogP) is 4.23. The second kappa shape index (κ2) is 8.32. The van der Waals surface area contributed by atoms with Crippen LogP contribution >= 0.6 is 0 Å². The summed E-state index contributed by atoms with van der Waals surface area (Å²) in [6, 6.07) is 16.4. The molecule has 2 aromatic rings. The molecule has 0 saturated carbocycles. The number of ether oxygens (including phenoxy) is 2. The van der Waals surface area contributed by atoms with Crippen molar-refractivity contribution < 1.29 is 9.47 Å². The fourth-order valence-electron chi connectivity index (χ4n) is 2.09. The lowest BCUT2D eigenvalue weighted by Crippen LogP contribution is -2.03. The molecule has 2 rings (SSSR count). The summed E-state index contributed by atoms with van der Waals surface area (Å²) in [4.78, 5) is 0. The van der Waals surface area contributed by atoms with E-state index in [0.717, 1.165) is 31.0 Å². The zero-order valence-electron chi connectivity index (χ0n) is 12.8. The van der Waals surface area contributed by atoms with Gasteiger partial charge in [-0.15, -0.1) is 0 Å². The van der Waals surface area contributed by atoms with Crippen LogP contribution in [-0.4, -0.2) is 13.7 Å². The van der Waals surface area contributed by atoms with Crippen molar-refractivity contribution in [2.75, 3.05) is 19.0 Å². The Bertz CT molecular complexity index is 537. The minimum atomic E-state index is 0.618. The molecule has 2 aromatic carbocycles. The zero-order valence-corrected chi connectivity index (χ0v) is 12.8. The van der Waals surface area contributed by atoms with Gasteiger partial charge in [-0.3, -0.25) is 0 Å². The van der Waals surface area contributed by atoms with Crippen molar-refractivity contribution >= 4 is 5.69 Å². The molecule has 0 aliphatic rings. The number of methoxy groups -OCH3 is 1. The average molecular weight is 285 g/mol. The zero-order chi connectivity index (χ0) is 14.9. The van der Waals surface area contributed by atoms with Gasteiger partial charge in [0.05, 0.1) is 13.2 Å². The normalized spacial score (nSPS) is 10.4. The number of benzene rings is 2. The molecule has 0 unspecified atom stereocenters. The quantitative estimate of drug-likeness (QED) is 0.787. The van der Waals surface area contributed by atoms with Crippen LogP contribution in [0.5, 0.6) is 5.75 Å². The number of nitrogens with one attached hydrogen (secondary N) is 1. The smallest absolute Gasteiger partial charge is 0.119 e. The molecule has 3 nitrogen and oxygen atoms in total. The van der Waals surface area contributed by atoms with E-state index in [-0.39, 0.29) is 0 Å². The van der Waals surface area contributed by atoms with Crippen LogP contribution in [0.15, 0.2) is 48.5 Å². The Labute approximate surface area is 126 Å². The van der Waals surface area contributed by atoms with Gasteiger partial charge in [0.2, 0.25) is 0 Å². The summed E-state index contributed by atoms with van der Waals surface area (Å²) in [6.45, 7) is 4.28. The highest BCUT2D eigenvalue weighted by Crippen LogP contribution is 2.18. The topological polar surface area (TPSA) is 30.5 Å². The summed E-state index contributed by atoms with van der Waals surface area (Å²) in [5.74, 6) is 0.931. The Hall–Kier alpha value is -2.00. The third kappa shape index (κ3) is 4.80. The molecule has 112 valence electrons. The fraction of sp³-hybridized carbons (Fsp3) is 0.333. The van der Waals surface area contributed by atoms with Crippen molar-refractivity contribution in [3.05, 3.63) is 59.7 Å². The summed E-state index contributed by atoms with van der Waals surface area (Å²) >= 11 is 0. The van der Waals surface area contributed by atoms with Crippen molar-refractivity contribution in [1.29, 1.82) is 0 Å². The van der Waals surface area contributed by atoms with E-state index in [1.165, 1.54) is 11.1 Å². The Morgan fingerprint density at radius 1 is 1.00 bits per heavy atom. The number of para-hydroxylation sites is 1. The SMILES string of the molecule is CCCOc1ccc(CNc2ccccc2COC)cc1. The Morgan fingerprint density at radius 2 is 1.76 bits per heavy atom. The Kier molecular flexibility index (Phi) is 6.10. The summed E-state index contributed by atoms with van der Waals surface area (Å²) in [5, 5.41) is 3.46. The van der Waals surface area contributed by atoms with E-state index < -0.39 is 0 Å². The van der Waals surface area contributed by atoms with Crippen LogP contribution in [0, 0.1) is 0 Å². The van der Waals surface area contributed by atoms with Crippen molar-refractivity contribution in [2.24, 2.45) is 0 Å². The van der Waals surface area contributed by atoms with Gasteiger partial charge in [0, 0.05) is 24.9 Å². The number of hydrogen-bond acceptors (Lipinski definition) is 3. The molecule has 3 heteroatoms. The lowest BCUT2D eigenvalue weighted by atomic mass is 10.1. The summed E-state index contributed by atoms with van der Waals surface area (Å²) in [5.41, 5.74) is 3.51. The standard InChI is InChI=1S/C18H23NO2/c1-3-12-21-17-10-8-15(9-11-17)13-19-18-7-5-4-6-16(18)14-20-2/h4-11,19H,3,12-14H2,1-2H3. The average Bonchev–Trinajstić information content (AvgIpc) is 2.53. The van der Waals surface area contributed by atoms with Gasteiger partial charge in [-0.2, -0.15) is 0 Å². The van der Waals surface area contributed by atoms with Gasteiger partial charge in [0.25, 0.3) is 0 Å². The van der Waals surface area contributed by atoms with Gasteiger partial charge in [0.15, 0.2) is 0 Å². The molecule has 0 saturated heterocycles. The van der Waals surface area contributed by atoms with Crippen LogP contribution in [0.4, 0.5) is 5.69 Å². The highest BCUT2D eigenvalue weighted by atomic mass is 16.5. The highest BCUT2D eigenvalue weighted by molar-refractivity contribution is 5.51. The molecule has 0 heterocycles. The van der Waals surface area contributed by atoms with E-state index in [1.807, 2.05) is 24.3 Å². The summed E-state index contributed by atoms with van der Waals surface area (Å²) in [7, 11) is 1.71. The lowest BCUT2D eigenvalue weighted by Gasteiger charge is -2.12. The van der Waals surface area contributed by atoms with Crippen LogP contribution in [-0.2, 0) is 17.9 Å². The maximum Gasteiger partial charge on any atom is 0.119 e. The number of anilines is 1. The molecule has 0 spiro atoms. The van der Waals surface area contributed by atoms with E-state index >= 15 is 0 Å². The van der Waals surface area contributed by atoms with E-state index in [4.69, 9.17) is 9.47 Å². The molecule has 0 bridgehead atoms. The Balaban J connectivity index is 1.93. The first-order valence-corrected chi connectivity index (χ1v) is 7.36. The third-order valence-corrected chi connectivity index (χ3v) is 3.20. The van der Waals surface area contributed by atoms with E-state index in [2.05, 4.69) is 36.5 Å². The van der Waals surface area contributed by atoms with Gasteiger partial charge >= 0.3 is 0 Å². The summed E-state index contributed by atoms with van der Waals surface area (Å²) < 4.78 is 10.8. The first kappa shape index (κ1) is 15.4. The fourth-order valence-corrected chi connectivity index (χ4v) is 2.09. The monoisotopic (exact) mass is 285 g/mol. The third-order valence-electron chi connectivity index (χ3n) is 3.20. The van der Waals surface area contributed by atoms with Gasteiger partial charge in [-0.05, 0) is 30.2 Å². The van der Waals surface area contributed by atoms with E-state index in [0.29, 0.717) is 6.61 Å². The molecule has 0 fully saturated rings. The van der Waals surface area contributed by atoms with Crippen LogP contribution < -0.4 is 10.1 Å². The van der Waals surface area contributed by atoms with E-state index in [1.54, 1.807) is 7.11 Å². The molecular formula is C18H23NO2. The second-order valence-corrected chi connectivity index (χ2v) is 4.94. The predicted molar refractivity (Wildman–Crippen MR) is 86.7 cm³/mol. The molecule has 0 radical (unpaired) electrons. The van der Waals surface area contributed by atoms with Crippen LogP contribution in [0.25, 0.3) is 0 Å². The highest BCUT2D eigenvalue weighted by Gasteiger charge is 2.01. The van der Waals surface area contributed by atoms with Crippen molar-refractivity contribution in [1.82, 2.24) is 0 Å². The maximum atomic E-state index is 5.59. The van der Waals surface area contributed by atoms with E-state index in [9.17, 15) is 0 Å². The molecule has 0 aromatic heterocycles. The first-order chi connectivity index (χ1) is 10.3. The van der Waals surface area contributed by atoms with Crippen molar-refractivity contribution in [3.63, 3.8) is 0 Å². The molecule has 0 aliphatic carbocycles. The maximum absolute atomic E-state index is 5.59. The van der Waals surface area contributed by atoms with Gasteiger partial charge in [-0.25, -0.2) is 0 Å². The molecule has 0 amide bonds. The molecule has 0 aliphatic heterocycles. The lowest BCUT2D eigenvalue weighted by molar-refractivity contribution is 0.185. The summed E-state index contributed by atoms with van der Waals surface area (Å²) in [6.07, 6.45) is 1.03. The van der Waals surface area contributed by atoms with Gasteiger partial charge < -0.3 is 14.8 Å². The van der Waals surface area contributed by atoms with Crippen LogP contribution in [0.3, 0.4) is 0 Å².